The number of aliphatic hydroxyl groups is 1. The quantitative estimate of drug-likeness (QED) is 0.242. The molecule has 1 aromatic heterocycles. The van der Waals surface area contributed by atoms with E-state index >= 15 is 0 Å². The summed E-state index contributed by atoms with van der Waals surface area (Å²) >= 11 is 8.26. The number of halogens is 1. The number of allylic oxidation sites excluding steroid dienone is 2. The molecule has 5 nitrogen and oxygen atoms in total. The number of Topliss-reactive ketones (excluding diaryl/α,β-unsaturated/α-hetero) is 1. The summed E-state index contributed by atoms with van der Waals surface area (Å²) in [5.41, 5.74) is -0.800. The van der Waals surface area contributed by atoms with Crippen LogP contribution in [0, 0.1) is 17.3 Å². The molecule has 1 aliphatic carbocycles. The van der Waals surface area contributed by atoms with Gasteiger partial charge in [0.25, 0.3) is 0 Å². The van der Waals surface area contributed by atoms with Crippen molar-refractivity contribution in [3.8, 4) is 0 Å². The van der Waals surface area contributed by atoms with Crippen LogP contribution in [0.3, 0.4) is 0 Å². The first-order valence-corrected chi connectivity index (χ1v) is 13.0. The fourth-order valence-corrected chi connectivity index (χ4v) is 6.39. The van der Waals surface area contributed by atoms with E-state index in [1.54, 1.807) is 25.2 Å². The largest absolute Gasteiger partial charge is 0.481 e. The molecular weight excluding hydrogens is 472 g/mol. The monoisotopic (exact) mass is 502 g/mol. The number of epoxide rings is 1. The van der Waals surface area contributed by atoms with Crippen LogP contribution in [0.15, 0.2) is 48.6 Å². The van der Waals surface area contributed by atoms with E-state index in [0.717, 1.165) is 21.7 Å². The van der Waals surface area contributed by atoms with Crippen LogP contribution >= 0.6 is 22.9 Å². The first-order chi connectivity index (χ1) is 16.2. The van der Waals surface area contributed by atoms with E-state index in [1.807, 2.05) is 42.5 Å². The standard InChI is InChI=1S/C27H31ClO5S/c1-27(2)25(31)16(9-5-3-4-6-12-23(29)30)17(26(27)32)13-14-19-20(33-19)15-22-24(28)18-10-7-8-11-21(18)34-22/h3,5,7-8,10-11,13-14,16-17,19-20,26,32H,4,6,9,12,15H2,1-2H3,(H,29,30)/b5-3-,14-13+/t16-,17-,19+,20?,26+/m1/s1. The third-order valence-corrected chi connectivity index (χ3v) is 8.73. The van der Waals surface area contributed by atoms with Crippen LogP contribution in [0.5, 0.6) is 0 Å². The zero-order valence-corrected chi connectivity index (χ0v) is 21.0. The lowest BCUT2D eigenvalue weighted by Gasteiger charge is -2.22. The third kappa shape index (κ3) is 5.30. The fraction of sp³-hybridized carbons (Fsp3) is 0.481. The molecule has 0 spiro atoms. The minimum Gasteiger partial charge on any atom is -0.481 e. The summed E-state index contributed by atoms with van der Waals surface area (Å²) in [5, 5.41) is 21.5. The summed E-state index contributed by atoms with van der Waals surface area (Å²) in [5.74, 6) is -1.31. The molecule has 0 amide bonds. The molecule has 1 saturated carbocycles. The molecule has 2 N–H and O–H groups in total. The van der Waals surface area contributed by atoms with Gasteiger partial charge in [-0.25, -0.2) is 0 Å². The first kappa shape index (κ1) is 25.1. The topological polar surface area (TPSA) is 87.1 Å². The van der Waals surface area contributed by atoms with Gasteiger partial charge >= 0.3 is 5.97 Å². The van der Waals surface area contributed by atoms with Gasteiger partial charge in [-0.05, 0) is 25.3 Å². The SMILES string of the molecule is CC1(C)C(=O)[C@H](C/C=C\CCCC(=O)O)[C@@H](/C=C/[C@@H]2OC2Cc2sc3ccccc3c2Cl)[C@@H]1O. The van der Waals surface area contributed by atoms with Crippen LogP contribution in [0.25, 0.3) is 10.1 Å². The number of ether oxygens (including phenoxy) is 1. The number of rotatable bonds is 10. The van der Waals surface area contributed by atoms with Crippen molar-refractivity contribution in [1.29, 1.82) is 0 Å². The second kappa shape index (κ2) is 10.3. The first-order valence-electron chi connectivity index (χ1n) is 11.8. The molecule has 1 saturated heterocycles. The van der Waals surface area contributed by atoms with Crippen molar-refractivity contribution >= 4 is 44.8 Å². The van der Waals surface area contributed by atoms with Crippen LogP contribution in [0.1, 0.15) is 44.4 Å². The van der Waals surface area contributed by atoms with Gasteiger partial charge < -0.3 is 14.9 Å². The van der Waals surface area contributed by atoms with Gasteiger partial charge in [0.2, 0.25) is 0 Å². The van der Waals surface area contributed by atoms with Gasteiger partial charge in [-0.15, -0.1) is 11.3 Å². The van der Waals surface area contributed by atoms with Gasteiger partial charge in [0.1, 0.15) is 11.9 Å². The normalized spacial score (nSPS) is 28.5. The fourth-order valence-electron chi connectivity index (χ4n) is 4.84. The summed E-state index contributed by atoms with van der Waals surface area (Å²) in [6, 6.07) is 8.10. The van der Waals surface area contributed by atoms with E-state index < -0.39 is 17.5 Å². The number of aliphatic hydroxyl groups excluding tert-OH is 1. The lowest BCUT2D eigenvalue weighted by molar-refractivity contribution is -0.137. The van der Waals surface area contributed by atoms with Crippen molar-refractivity contribution in [3.63, 3.8) is 0 Å². The average Bonchev–Trinajstić information content (AvgIpc) is 3.43. The van der Waals surface area contributed by atoms with Crippen molar-refractivity contribution in [2.45, 2.75) is 64.3 Å². The lowest BCUT2D eigenvalue weighted by Crippen LogP contribution is -2.31. The van der Waals surface area contributed by atoms with E-state index in [0.29, 0.717) is 19.3 Å². The van der Waals surface area contributed by atoms with Crippen molar-refractivity contribution < 1.29 is 24.5 Å². The molecule has 1 unspecified atom stereocenters. The van der Waals surface area contributed by atoms with Crippen LogP contribution < -0.4 is 0 Å². The second-order valence-corrected chi connectivity index (χ2v) is 11.3. The molecule has 0 radical (unpaired) electrons. The van der Waals surface area contributed by atoms with Gasteiger partial charge in [-0.2, -0.15) is 0 Å². The van der Waals surface area contributed by atoms with Crippen LogP contribution in [-0.4, -0.2) is 40.3 Å². The van der Waals surface area contributed by atoms with Crippen LogP contribution in [0.4, 0.5) is 0 Å². The number of aliphatic carboxylic acids is 1. The number of benzene rings is 1. The minimum absolute atomic E-state index is 0.0421. The third-order valence-electron chi connectivity index (χ3n) is 6.99. The van der Waals surface area contributed by atoms with E-state index in [2.05, 4.69) is 6.07 Å². The van der Waals surface area contributed by atoms with Crippen LogP contribution in [0.2, 0.25) is 5.02 Å². The average molecular weight is 503 g/mol. The number of carboxylic acids is 1. The molecule has 34 heavy (non-hydrogen) atoms. The Balaban J connectivity index is 1.37. The Bertz CT molecular complexity index is 1120. The molecule has 2 aromatic rings. The summed E-state index contributed by atoms with van der Waals surface area (Å²) in [4.78, 5) is 24.7. The summed E-state index contributed by atoms with van der Waals surface area (Å²) in [6.45, 7) is 3.61. The Morgan fingerprint density at radius 1 is 1.24 bits per heavy atom. The molecule has 4 rings (SSSR count). The Hall–Kier alpha value is -1.99. The molecule has 5 atom stereocenters. The van der Waals surface area contributed by atoms with Gasteiger partial charge in [-0.1, -0.05) is 68.0 Å². The molecule has 7 heteroatoms. The highest BCUT2D eigenvalue weighted by Crippen LogP contribution is 2.45. The Labute approximate surface area is 209 Å². The highest BCUT2D eigenvalue weighted by Gasteiger charge is 2.53. The molecule has 182 valence electrons. The Kier molecular flexibility index (Phi) is 7.63. The number of ketones is 1. The lowest BCUT2D eigenvalue weighted by atomic mass is 9.86. The number of thiophene rings is 1. The molecule has 1 aliphatic heterocycles. The van der Waals surface area contributed by atoms with Gasteiger partial charge in [0, 0.05) is 39.6 Å². The van der Waals surface area contributed by atoms with Gasteiger partial charge in [-0.3, -0.25) is 9.59 Å². The summed E-state index contributed by atoms with van der Waals surface area (Å²) in [6.07, 6.45) is 9.73. The maximum Gasteiger partial charge on any atom is 0.303 e. The summed E-state index contributed by atoms with van der Waals surface area (Å²) < 4.78 is 7.03. The maximum absolute atomic E-state index is 13.0. The number of hydrogen-bond acceptors (Lipinski definition) is 5. The molecule has 1 aromatic carbocycles. The highest BCUT2D eigenvalue weighted by atomic mass is 35.5. The zero-order chi connectivity index (χ0) is 24.5. The van der Waals surface area contributed by atoms with Crippen molar-refractivity contribution in [3.05, 3.63) is 58.5 Å². The number of unbranched alkanes of at least 4 members (excludes halogenated alkanes) is 1. The molecule has 2 aliphatic rings. The number of carbonyl (C=O) groups is 2. The second-order valence-electron chi connectivity index (χ2n) is 9.77. The molecular formula is C27H31ClO5S. The zero-order valence-electron chi connectivity index (χ0n) is 19.4. The van der Waals surface area contributed by atoms with Crippen molar-refractivity contribution in [1.82, 2.24) is 0 Å². The molecule has 2 heterocycles. The van der Waals surface area contributed by atoms with E-state index in [1.165, 1.54) is 4.70 Å². The molecule has 0 bridgehead atoms. The van der Waals surface area contributed by atoms with Crippen LogP contribution in [-0.2, 0) is 20.7 Å². The van der Waals surface area contributed by atoms with Crippen molar-refractivity contribution in [2.75, 3.05) is 0 Å². The number of carbonyl (C=O) groups excluding carboxylic acids is 1. The minimum atomic E-state index is -0.801. The number of hydrogen-bond donors (Lipinski definition) is 2. The van der Waals surface area contributed by atoms with Crippen molar-refractivity contribution in [2.24, 2.45) is 17.3 Å². The number of carboxylic acid groups (broad SMARTS) is 1. The highest BCUT2D eigenvalue weighted by molar-refractivity contribution is 7.19. The number of fused-ring (bicyclic) bond motifs is 1. The molecule has 2 fully saturated rings. The predicted molar refractivity (Wildman–Crippen MR) is 135 cm³/mol. The van der Waals surface area contributed by atoms with Gasteiger partial charge in [0.05, 0.1) is 22.6 Å². The smallest absolute Gasteiger partial charge is 0.303 e. The summed E-state index contributed by atoms with van der Waals surface area (Å²) in [7, 11) is 0. The Morgan fingerprint density at radius 2 is 2.00 bits per heavy atom. The van der Waals surface area contributed by atoms with E-state index in [4.69, 9.17) is 21.4 Å². The van der Waals surface area contributed by atoms with E-state index in [9.17, 15) is 14.7 Å². The van der Waals surface area contributed by atoms with Gasteiger partial charge in [0.15, 0.2) is 0 Å². The Morgan fingerprint density at radius 3 is 2.74 bits per heavy atom. The predicted octanol–water partition coefficient (Wildman–Crippen LogP) is 5.82. The maximum atomic E-state index is 13.0. The van der Waals surface area contributed by atoms with E-state index in [-0.39, 0.29) is 36.2 Å².